The summed E-state index contributed by atoms with van der Waals surface area (Å²) in [6.45, 7) is 2.39. The smallest absolute Gasteiger partial charge is 0.237 e. The lowest BCUT2D eigenvalue weighted by Gasteiger charge is -2.34. The molecule has 2 N–H and O–H groups in total. The predicted molar refractivity (Wildman–Crippen MR) is 122 cm³/mol. The topological polar surface area (TPSA) is 87.2 Å². The van der Waals surface area contributed by atoms with E-state index in [9.17, 15) is 9.59 Å². The molecule has 1 saturated heterocycles. The summed E-state index contributed by atoms with van der Waals surface area (Å²) in [5.41, 5.74) is 4.27. The Morgan fingerprint density at radius 1 is 1.06 bits per heavy atom. The minimum atomic E-state index is -0.478. The molecular weight excluding hydrogens is 402 g/mol. The average molecular weight is 430 g/mol. The molecule has 32 heavy (non-hydrogen) atoms. The fourth-order valence-electron chi connectivity index (χ4n) is 3.88. The van der Waals surface area contributed by atoms with Crippen LogP contribution in [0.25, 0.3) is 11.1 Å². The number of amides is 2. The highest BCUT2D eigenvalue weighted by molar-refractivity contribution is 5.88. The van der Waals surface area contributed by atoms with E-state index in [4.69, 9.17) is 0 Å². The molecule has 0 bridgehead atoms. The van der Waals surface area contributed by atoms with Crippen molar-refractivity contribution in [3.8, 4) is 11.1 Å². The number of hydrogen-bond donors (Lipinski definition) is 2. The Morgan fingerprint density at radius 3 is 2.59 bits per heavy atom. The quantitative estimate of drug-likeness (QED) is 0.573. The second kappa shape index (κ2) is 10.6. The van der Waals surface area contributed by atoms with E-state index in [-0.39, 0.29) is 18.2 Å². The third-order valence-corrected chi connectivity index (χ3v) is 5.59. The molecule has 1 unspecified atom stereocenters. The number of hydrogen-bond acceptors (Lipinski definition) is 5. The number of nitrogens with one attached hydrogen (secondary N) is 2. The average Bonchev–Trinajstić information content (AvgIpc) is 2.83. The van der Waals surface area contributed by atoms with Gasteiger partial charge in [0.1, 0.15) is 0 Å². The summed E-state index contributed by atoms with van der Waals surface area (Å²) in [6.07, 6.45) is 5.68. The molecule has 1 aromatic heterocycles. The Bertz CT molecular complexity index is 1030. The van der Waals surface area contributed by atoms with E-state index in [1.807, 2.05) is 18.2 Å². The minimum Gasteiger partial charge on any atom is -0.356 e. The lowest BCUT2D eigenvalue weighted by Crippen LogP contribution is -2.56. The number of benzene rings is 2. The maximum atomic E-state index is 12.5. The molecule has 0 saturated carbocycles. The highest BCUT2D eigenvalue weighted by atomic mass is 16.2. The molecule has 1 fully saturated rings. The van der Waals surface area contributed by atoms with E-state index in [0.29, 0.717) is 32.6 Å². The van der Waals surface area contributed by atoms with Crippen LogP contribution in [0, 0.1) is 0 Å². The van der Waals surface area contributed by atoms with E-state index < -0.39 is 6.04 Å². The predicted octanol–water partition coefficient (Wildman–Crippen LogP) is 2.19. The van der Waals surface area contributed by atoms with Crippen LogP contribution in [0.1, 0.15) is 17.7 Å². The van der Waals surface area contributed by atoms with E-state index in [1.165, 1.54) is 5.56 Å². The Balaban J connectivity index is 1.34. The van der Waals surface area contributed by atoms with Gasteiger partial charge in [-0.05, 0) is 16.7 Å². The van der Waals surface area contributed by atoms with Crippen LogP contribution in [0.3, 0.4) is 0 Å². The Hall–Kier alpha value is -3.58. The zero-order chi connectivity index (χ0) is 22.2. The molecule has 3 aromatic rings. The molecule has 0 spiro atoms. The highest BCUT2D eigenvalue weighted by Crippen LogP contribution is 2.21. The van der Waals surface area contributed by atoms with Crippen LogP contribution < -0.4 is 10.6 Å². The zero-order valence-electron chi connectivity index (χ0n) is 17.9. The minimum absolute atomic E-state index is 0.0961. The third kappa shape index (κ3) is 5.76. The molecule has 1 aliphatic rings. The van der Waals surface area contributed by atoms with Crippen LogP contribution in [-0.2, 0) is 22.6 Å². The molecular formula is C25H27N5O2. The second-order valence-electron chi connectivity index (χ2n) is 7.84. The first-order valence-corrected chi connectivity index (χ1v) is 10.9. The summed E-state index contributed by atoms with van der Waals surface area (Å²) in [6, 6.07) is 18.1. The number of carbonyl (C=O) groups is 2. The van der Waals surface area contributed by atoms with Gasteiger partial charge in [-0.25, -0.2) is 0 Å². The van der Waals surface area contributed by atoms with E-state index >= 15 is 0 Å². The molecule has 4 rings (SSSR count). The molecule has 2 aromatic carbocycles. The van der Waals surface area contributed by atoms with Crippen molar-refractivity contribution in [1.82, 2.24) is 25.5 Å². The van der Waals surface area contributed by atoms with E-state index in [2.05, 4.69) is 61.9 Å². The number of rotatable bonds is 8. The van der Waals surface area contributed by atoms with Gasteiger partial charge in [-0.15, -0.1) is 0 Å². The van der Waals surface area contributed by atoms with Crippen molar-refractivity contribution < 1.29 is 9.59 Å². The first kappa shape index (κ1) is 21.6. The van der Waals surface area contributed by atoms with Crippen LogP contribution >= 0.6 is 0 Å². The SMILES string of the molecule is O=C(CC1C(=O)NCCN1Cc1ccc(-c2ccccc2)cc1)NCCc1cnccn1. The van der Waals surface area contributed by atoms with Crippen LogP contribution in [0.4, 0.5) is 0 Å². The molecule has 0 aliphatic carbocycles. The summed E-state index contributed by atoms with van der Waals surface area (Å²) >= 11 is 0. The summed E-state index contributed by atoms with van der Waals surface area (Å²) < 4.78 is 0. The maximum absolute atomic E-state index is 12.5. The standard InChI is InChI=1S/C25H27N5O2/c31-24(28-11-10-22-17-26-12-13-27-22)16-23-25(32)29-14-15-30(23)18-19-6-8-21(9-7-19)20-4-2-1-3-5-20/h1-9,12-13,17,23H,10-11,14-16,18H2,(H,28,31)(H,29,32). The van der Waals surface area contributed by atoms with Crippen molar-refractivity contribution in [3.05, 3.63) is 84.4 Å². The molecule has 2 amide bonds. The number of piperazine rings is 1. The van der Waals surface area contributed by atoms with Gasteiger partial charge in [0, 0.05) is 51.2 Å². The summed E-state index contributed by atoms with van der Waals surface area (Å²) in [7, 11) is 0. The lowest BCUT2D eigenvalue weighted by atomic mass is 10.0. The van der Waals surface area contributed by atoms with Gasteiger partial charge >= 0.3 is 0 Å². The molecule has 0 radical (unpaired) electrons. The number of nitrogens with zero attached hydrogens (tertiary/aromatic N) is 3. The summed E-state index contributed by atoms with van der Waals surface area (Å²) in [5.74, 6) is -0.235. The van der Waals surface area contributed by atoms with Crippen LogP contribution in [0.2, 0.25) is 0 Å². The lowest BCUT2D eigenvalue weighted by molar-refractivity contribution is -0.134. The first-order valence-electron chi connectivity index (χ1n) is 10.9. The largest absolute Gasteiger partial charge is 0.356 e. The van der Waals surface area contributed by atoms with Crippen molar-refractivity contribution in [2.75, 3.05) is 19.6 Å². The maximum Gasteiger partial charge on any atom is 0.237 e. The van der Waals surface area contributed by atoms with Crippen LogP contribution in [0.15, 0.2) is 73.2 Å². The van der Waals surface area contributed by atoms with E-state index in [1.54, 1.807) is 18.6 Å². The van der Waals surface area contributed by atoms with Gasteiger partial charge in [0.25, 0.3) is 0 Å². The number of aromatic nitrogens is 2. The van der Waals surface area contributed by atoms with Gasteiger partial charge in [0.15, 0.2) is 0 Å². The van der Waals surface area contributed by atoms with Gasteiger partial charge in [0.05, 0.1) is 18.2 Å². The first-order chi connectivity index (χ1) is 15.7. The van der Waals surface area contributed by atoms with Crippen molar-refractivity contribution in [2.24, 2.45) is 0 Å². The zero-order valence-corrected chi connectivity index (χ0v) is 17.9. The summed E-state index contributed by atoms with van der Waals surface area (Å²) in [4.78, 5) is 35.3. The number of carbonyl (C=O) groups excluding carboxylic acids is 2. The fraction of sp³-hybridized carbons (Fsp3) is 0.280. The van der Waals surface area contributed by atoms with Gasteiger partial charge in [-0.2, -0.15) is 0 Å². The van der Waals surface area contributed by atoms with Crippen molar-refractivity contribution >= 4 is 11.8 Å². The van der Waals surface area contributed by atoms with Crippen molar-refractivity contribution in [3.63, 3.8) is 0 Å². The molecule has 164 valence electrons. The Labute approximate surface area is 187 Å². The molecule has 1 aliphatic heterocycles. The molecule has 7 nitrogen and oxygen atoms in total. The van der Waals surface area contributed by atoms with Crippen LogP contribution in [0.5, 0.6) is 0 Å². The normalized spacial score (nSPS) is 16.4. The van der Waals surface area contributed by atoms with Gasteiger partial charge in [-0.3, -0.25) is 24.5 Å². The fourth-order valence-corrected chi connectivity index (χ4v) is 3.88. The van der Waals surface area contributed by atoms with Gasteiger partial charge < -0.3 is 10.6 Å². The summed E-state index contributed by atoms with van der Waals surface area (Å²) in [5, 5.41) is 5.78. The second-order valence-corrected chi connectivity index (χ2v) is 7.84. The van der Waals surface area contributed by atoms with Crippen LogP contribution in [-0.4, -0.2) is 52.4 Å². The molecule has 2 heterocycles. The van der Waals surface area contributed by atoms with E-state index in [0.717, 1.165) is 16.8 Å². The monoisotopic (exact) mass is 429 g/mol. The van der Waals surface area contributed by atoms with Crippen molar-refractivity contribution in [1.29, 1.82) is 0 Å². The van der Waals surface area contributed by atoms with Crippen molar-refractivity contribution in [2.45, 2.75) is 25.4 Å². The molecule has 7 heteroatoms. The Morgan fingerprint density at radius 2 is 1.84 bits per heavy atom. The Kier molecular flexibility index (Phi) is 7.19. The third-order valence-electron chi connectivity index (χ3n) is 5.59. The molecule has 1 atom stereocenters. The van der Waals surface area contributed by atoms with Gasteiger partial charge in [-0.1, -0.05) is 54.6 Å². The van der Waals surface area contributed by atoms with Gasteiger partial charge in [0.2, 0.25) is 11.8 Å². The highest BCUT2D eigenvalue weighted by Gasteiger charge is 2.31.